The fourth-order valence-corrected chi connectivity index (χ4v) is 4.17. The summed E-state index contributed by atoms with van der Waals surface area (Å²) in [6.45, 7) is 15.9. The molecular weight excluding hydrogens is 506 g/mol. The molecule has 0 spiro atoms. The van der Waals surface area contributed by atoms with Crippen LogP contribution in [0.5, 0.6) is 0 Å². The number of aliphatic hydroxyl groups is 2. The van der Waals surface area contributed by atoms with Crippen molar-refractivity contribution in [3.8, 4) is 11.8 Å². The van der Waals surface area contributed by atoms with Gasteiger partial charge in [0.25, 0.3) is 0 Å². The summed E-state index contributed by atoms with van der Waals surface area (Å²) in [6.07, 6.45) is -0.731. The molecule has 1 atom stereocenters. The first-order valence-electron chi connectivity index (χ1n) is 13.2. The van der Waals surface area contributed by atoms with Crippen LogP contribution in [0.1, 0.15) is 99.3 Å². The normalized spacial score (nSPS) is 19.1. The van der Waals surface area contributed by atoms with Gasteiger partial charge in [0.1, 0.15) is 0 Å². The highest BCUT2D eigenvalue weighted by Gasteiger charge is 2.70. The molecule has 0 aromatic carbocycles. The number of allylic oxidation sites excluding steroid dienone is 5. The zero-order valence-corrected chi connectivity index (χ0v) is 23.5. The van der Waals surface area contributed by atoms with E-state index in [0.29, 0.717) is 6.42 Å². The Balaban J connectivity index is 0.00000667. The van der Waals surface area contributed by atoms with Gasteiger partial charge in [-0.2, -0.15) is 26.3 Å². The van der Waals surface area contributed by atoms with Crippen LogP contribution in [0, 0.1) is 17.3 Å². The molecule has 0 unspecified atom stereocenters. The van der Waals surface area contributed by atoms with Gasteiger partial charge in [0.2, 0.25) is 0 Å². The van der Waals surface area contributed by atoms with E-state index in [4.69, 9.17) is 0 Å². The number of rotatable bonds is 9. The average molecular weight is 551 g/mol. The molecule has 0 heterocycles. The Morgan fingerprint density at radius 2 is 1.66 bits per heavy atom. The molecule has 1 rings (SSSR count). The lowest BCUT2D eigenvalue weighted by Gasteiger charge is -2.29. The van der Waals surface area contributed by atoms with Crippen molar-refractivity contribution >= 4 is 0 Å². The van der Waals surface area contributed by atoms with Crippen molar-refractivity contribution in [1.82, 2.24) is 0 Å². The molecule has 0 aromatic heterocycles. The van der Waals surface area contributed by atoms with Crippen LogP contribution in [0.3, 0.4) is 0 Å². The van der Waals surface area contributed by atoms with Gasteiger partial charge in [-0.3, -0.25) is 0 Å². The Labute approximate surface area is 224 Å². The minimum absolute atomic E-state index is 0.213. The fraction of sp³-hybridized carbons (Fsp3) is 0.667. The predicted molar refractivity (Wildman–Crippen MR) is 142 cm³/mol. The lowest BCUT2D eigenvalue weighted by molar-refractivity contribution is -0.343. The van der Waals surface area contributed by atoms with Gasteiger partial charge in [0, 0.05) is 6.42 Å². The maximum atomic E-state index is 12.8. The van der Waals surface area contributed by atoms with E-state index in [1.165, 1.54) is 0 Å². The molecule has 2 nitrogen and oxygen atoms in total. The quantitative estimate of drug-likeness (QED) is 0.171. The van der Waals surface area contributed by atoms with Gasteiger partial charge in [0.05, 0.1) is 6.10 Å². The molecule has 0 radical (unpaired) electrons. The van der Waals surface area contributed by atoms with Gasteiger partial charge < -0.3 is 10.2 Å². The summed E-state index contributed by atoms with van der Waals surface area (Å²) < 4.78 is 76.7. The third-order valence-corrected chi connectivity index (χ3v) is 6.61. The van der Waals surface area contributed by atoms with Crippen molar-refractivity contribution in [2.24, 2.45) is 5.41 Å². The first kappa shape index (κ1) is 36.0. The van der Waals surface area contributed by atoms with Crippen LogP contribution >= 0.6 is 0 Å². The third kappa shape index (κ3) is 10.6. The Morgan fingerprint density at radius 1 is 1.08 bits per heavy atom. The largest absolute Gasteiger partial charge is 0.438 e. The molecule has 38 heavy (non-hydrogen) atoms. The van der Waals surface area contributed by atoms with Gasteiger partial charge >= 0.3 is 18.0 Å². The summed E-state index contributed by atoms with van der Waals surface area (Å²) in [6, 6.07) is 0. The molecule has 0 amide bonds. The summed E-state index contributed by atoms with van der Waals surface area (Å²) in [5, 5.41) is 19.1. The van der Waals surface area contributed by atoms with E-state index in [1.54, 1.807) is 0 Å². The smallest absolute Gasteiger partial charge is 0.388 e. The molecule has 2 N–H and O–H groups in total. The van der Waals surface area contributed by atoms with Crippen LogP contribution < -0.4 is 0 Å². The van der Waals surface area contributed by atoms with Gasteiger partial charge in [0.15, 0.2) is 0 Å². The van der Waals surface area contributed by atoms with Crippen molar-refractivity contribution in [2.75, 3.05) is 0 Å². The summed E-state index contributed by atoms with van der Waals surface area (Å²) in [7, 11) is 0. The Bertz CT molecular complexity index is 894. The second kappa shape index (κ2) is 15.6. The zero-order valence-electron chi connectivity index (χ0n) is 23.5. The molecule has 0 bridgehead atoms. The predicted octanol–water partition coefficient (Wildman–Crippen LogP) is 9.16. The zero-order chi connectivity index (χ0) is 29.8. The van der Waals surface area contributed by atoms with Crippen molar-refractivity contribution < 1.29 is 36.6 Å². The van der Waals surface area contributed by atoms with Gasteiger partial charge in [-0.15, -0.1) is 0 Å². The van der Waals surface area contributed by atoms with Crippen LogP contribution in [0.2, 0.25) is 0 Å². The molecule has 1 aliphatic carbocycles. The van der Waals surface area contributed by atoms with Crippen molar-refractivity contribution in [3.05, 3.63) is 47.1 Å². The van der Waals surface area contributed by atoms with Crippen molar-refractivity contribution in [2.45, 2.75) is 123 Å². The molecular formula is C30H44F6O2. The Morgan fingerprint density at radius 3 is 2.18 bits per heavy atom. The topological polar surface area (TPSA) is 40.5 Å². The molecule has 0 aromatic rings. The van der Waals surface area contributed by atoms with E-state index in [-0.39, 0.29) is 18.3 Å². The number of hydrogen-bond donors (Lipinski definition) is 2. The number of halogens is 6. The molecule has 1 fully saturated rings. The summed E-state index contributed by atoms with van der Waals surface area (Å²) in [5.41, 5.74) is -1.44. The summed E-state index contributed by atoms with van der Waals surface area (Å²) >= 11 is 0. The van der Waals surface area contributed by atoms with Gasteiger partial charge in [-0.1, -0.05) is 76.5 Å². The molecule has 1 aliphatic rings. The fourth-order valence-electron chi connectivity index (χ4n) is 4.17. The highest BCUT2D eigenvalue weighted by Crippen LogP contribution is 2.42. The molecule has 8 heteroatoms. The molecule has 1 saturated carbocycles. The van der Waals surface area contributed by atoms with Crippen molar-refractivity contribution in [1.29, 1.82) is 0 Å². The van der Waals surface area contributed by atoms with Crippen LogP contribution in [0.4, 0.5) is 26.3 Å². The first-order chi connectivity index (χ1) is 17.5. The maximum Gasteiger partial charge on any atom is 0.438 e. The van der Waals surface area contributed by atoms with Crippen LogP contribution in [0.25, 0.3) is 0 Å². The highest BCUT2D eigenvalue weighted by atomic mass is 19.4. The SMILES string of the molecule is C=C1/C(=C\C=C(\C)CCCC(C)(C)/C(=C\CC)CCC#CC(O)(C(F)(F)F)C(F)(F)F)CCC[C@@H]1O.CC. The summed E-state index contributed by atoms with van der Waals surface area (Å²) in [5.74, 6) is 2.93. The average Bonchev–Trinajstić information content (AvgIpc) is 2.81. The second-order valence-corrected chi connectivity index (χ2v) is 10.0. The van der Waals surface area contributed by atoms with Gasteiger partial charge in [-0.25, -0.2) is 0 Å². The monoisotopic (exact) mass is 550 g/mol. The van der Waals surface area contributed by atoms with E-state index in [0.717, 1.165) is 66.7 Å². The minimum Gasteiger partial charge on any atom is -0.388 e. The summed E-state index contributed by atoms with van der Waals surface area (Å²) in [4.78, 5) is 0. The van der Waals surface area contributed by atoms with E-state index >= 15 is 0 Å². The molecule has 218 valence electrons. The van der Waals surface area contributed by atoms with E-state index < -0.39 is 24.1 Å². The number of hydrogen-bond acceptors (Lipinski definition) is 2. The Kier molecular flexibility index (Phi) is 14.8. The lowest BCUT2D eigenvalue weighted by Crippen LogP contribution is -2.55. The third-order valence-electron chi connectivity index (χ3n) is 6.61. The first-order valence-corrected chi connectivity index (χ1v) is 13.2. The van der Waals surface area contributed by atoms with Gasteiger partial charge in [-0.05, 0) is 80.8 Å². The van der Waals surface area contributed by atoms with Crippen LogP contribution in [-0.2, 0) is 0 Å². The Hall–Kier alpha value is -1.98. The van der Waals surface area contributed by atoms with E-state index in [2.05, 4.69) is 6.58 Å². The second-order valence-electron chi connectivity index (χ2n) is 10.0. The van der Waals surface area contributed by atoms with Crippen molar-refractivity contribution in [3.63, 3.8) is 0 Å². The van der Waals surface area contributed by atoms with Crippen LogP contribution in [0.15, 0.2) is 47.1 Å². The van der Waals surface area contributed by atoms with Crippen LogP contribution in [-0.4, -0.2) is 34.3 Å². The maximum absolute atomic E-state index is 12.8. The molecule has 0 aliphatic heterocycles. The standard InChI is InChI=1S/C28H38F6O2.C2H6/c1-6-11-23(14-7-8-19-26(36,27(29,30)31)28(32,33)34)25(4,5)18-10-12-20(2)16-17-22-13-9-15-24(35)21(22)3;1-2/h11,16-17,24,35-36H,3,6-7,9-10,12-15,18H2,1-2,4-5H3;1-2H3/b20-16-,22-17-,23-11-;/t24-;/m0./s1. The molecule has 0 saturated heterocycles. The van der Waals surface area contributed by atoms with E-state index in [1.807, 2.05) is 65.7 Å². The highest BCUT2D eigenvalue weighted by molar-refractivity contribution is 5.36. The number of alkyl halides is 6. The minimum atomic E-state index is -5.94. The number of aliphatic hydroxyl groups excluding tert-OH is 1. The van der Waals surface area contributed by atoms with E-state index in [9.17, 15) is 36.6 Å². The lowest BCUT2D eigenvalue weighted by atomic mass is 9.77.